The molecule has 10 rings (SSSR count). The van der Waals surface area contributed by atoms with Crippen molar-refractivity contribution in [1.82, 2.24) is 0 Å². The molecule has 0 spiro atoms. The maximum atomic E-state index is 2.42. The Hall–Kier alpha value is -2.94. The number of hydrogen-bond acceptors (Lipinski definition) is 0. The van der Waals surface area contributed by atoms with Crippen LogP contribution in [0.3, 0.4) is 0 Å². The molecule has 0 saturated carbocycles. The predicted molar refractivity (Wildman–Crippen MR) is 223 cm³/mol. The van der Waals surface area contributed by atoms with Gasteiger partial charge in [-0.05, 0) is 11.1 Å². The molecule has 0 radical (unpaired) electrons. The fraction of sp³-hybridized carbons (Fsp3) is 0.0833. The Kier molecular flexibility index (Phi) is 14.5. The van der Waals surface area contributed by atoms with Crippen LogP contribution in [0.25, 0.3) is 33.4 Å². The summed E-state index contributed by atoms with van der Waals surface area (Å²) in [6.45, 7) is 0. The van der Waals surface area contributed by atoms with Gasteiger partial charge >= 0.3 is 261 Å². The van der Waals surface area contributed by atoms with Gasteiger partial charge in [0.1, 0.15) is 0 Å². The van der Waals surface area contributed by atoms with Crippen molar-refractivity contribution in [2.45, 2.75) is 20.1 Å². The predicted octanol–water partition coefficient (Wildman–Crippen LogP) is 4.36. The molecule has 4 aliphatic carbocycles. The summed E-state index contributed by atoms with van der Waals surface area (Å²) < 4.78 is 5.16. The zero-order chi connectivity index (χ0) is 35.3. The van der Waals surface area contributed by atoms with Crippen molar-refractivity contribution in [3.63, 3.8) is 0 Å². The van der Waals surface area contributed by atoms with Gasteiger partial charge in [0.25, 0.3) is 0 Å². The van der Waals surface area contributed by atoms with Gasteiger partial charge in [0, 0.05) is 0 Å². The summed E-state index contributed by atoms with van der Waals surface area (Å²) >= 11 is -2.97. The van der Waals surface area contributed by atoms with Gasteiger partial charge in [-0.3, -0.25) is 0 Å². The van der Waals surface area contributed by atoms with E-state index in [2.05, 4.69) is 182 Å². The van der Waals surface area contributed by atoms with E-state index in [1.54, 1.807) is 22.3 Å². The summed E-state index contributed by atoms with van der Waals surface area (Å²) in [5.74, 6) is 0. The second kappa shape index (κ2) is 19.3. The van der Waals surface area contributed by atoms with Crippen LogP contribution in [0.4, 0.5) is 0 Å². The minimum atomic E-state index is -1.49. The van der Waals surface area contributed by atoms with Crippen LogP contribution in [0.15, 0.2) is 201 Å². The van der Waals surface area contributed by atoms with Gasteiger partial charge in [-0.15, -0.1) is 0 Å². The number of allylic oxidation sites excluding steroid dienone is 8. The van der Waals surface area contributed by atoms with Crippen LogP contribution in [0.5, 0.6) is 0 Å². The molecule has 0 unspecified atom stereocenters. The van der Waals surface area contributed by atoms with Gasteiger partial charge in [0.2, 0.25) is 0 Å². The van der Waals surface area contributed by atoms with Crippen molar-refractivity contribution in [3.8, 4) is 33.4 Å². The summed E-state index contributed by atoms with van der Waals surface area (Å²) in [5, 5.41) is 0. The van der Waals surface area contributed by atoms with Crippen LogP contribution in [0, 0.1) is 0 Å². The molecule has 0 bridgehead atoms. The first-order chi connectivity index (χ1) is 25.7. The fourth-order valence-corrected chi connectivity index (χ4v) is 32.9. The van der Waals surface area contributed by atoms with E-state index in [1.165, 1.54) is 61.0 Å². The average Bonchev–Trinajstić information content (AvgIpc) is 4.05. The molecule has 0 heterocycles. The third-order valence-corrected chi connectivity index (χ3v) is 39.5. The van der Waals surface area contributed by atoms with Crippen LogP contribution in [0.1, 0.15) is 42.3 Å². The molecule has 0 amide bonds. The number of hydrogen-bond donors (Lipinski definition) is 0. The van der Waals surface area contributed by atoms with E-state index < -0.39 is 41.8 Å². The molecule has 0 N–H and O–H groups in total. The Labute approximate surface area is 354 Å². The molecule has 0 aliphatic heterocycles. The zero-order valence-corrected chi connectivity index (χ0v) is 41.2. The first kappa shape index (κ1) is 40.7. The van der Waals surface area contributed by atoms with E-state index in [1.807, 2.05) is 18.7 Å². The van der Waals surface area contributed by atoms with Crippen molar-refractivity contribution in [2.24, 2.45) is 0 Å². The molecule has 54 heavy (non-hydrogen) atoms. The summed E-state index contributed by atoms with van der Waals surface area (Å²) in [6.07, 6.45) is 16.5. The van der Waals surface area contributed by atoms with Crippen LogP contribution in [-0.4, -0.2) is 14.7 Å². The van der Waals surface area contributed by atoms with Crippen molar-refractivity contribution >= 4 is 14.7 Å². The third-order valence-electron chi connectivity index (χ3n) is 11.0. The Morgan fingerprint density at radius 1 is 0.370 bits per heavy atom. The molecule has 6 aromatic rings. The van der Waals surface area contributed by atoms with Crippen molar-refractivity contribution < 1.29 is 66.6 Å². The molecular formula is C48H44Cl2Si2Zr2. The number of halogens is 2. The normalized spacial score (nSPS) is 14.1. The maximum absolute atomic E-state index is 2.42. The molecule has 0 atom stereocenters. The van der Waals surface area contributed by atoms with Crippen LogP contribution < -0.4 is 24.8 Å². The van der Waals surface area contributed by atoms with Gasteiger partial charge < -0.3 is 24.8 Å². The molecule has 6 heteroatoms. The fourth-order valence-electron chi connectivity index (χ4n) is 8.36. The Morgan fingerprint density at radius 2 is 0.648 bits per heavy atom. The van der Waals surface area contributed by atoms with Crippen molar-refractivity contribution in [1.29, 1.82) is 0 Å². The van der Waals surface area contributed by atoms with E-state index >= 15 is 0 Å². The second-order valence-corrected chi connectivity index (χ2v) is 39.4. The second-order valence-electron chi connectivity index (χ2n) is 14.0. The van der Waals surface area contributed by atoms with E-state index in [4.69, 9.17) is 0 Å². The topological polar surface area (TPSA) is 0 Å². The maximum Gasteiger partial charge on any atom is -0.0184 e. The molecule has 266 valence electrons. The number of rotatable bonds is 5. The molecule has 0 saturated heterocycles. The van der Waals surface area contributed by atoms with E-state index in [0.29, 0.717) is 0 Å². The molecule has 0 aromatic heterocycles. The Morgan fingerprint density at radius 3 is 0.926 bits per heavy atom. The van der Waals surface area contributed by atoms with Gasteiger partial charge in [-0.25, -0.2) is 0 Å². The van der Waals surface area contributed by atoms with Gasteiger partial charge in [-0.2, -0.15) is 0 Å². The quantitative estimate of drug-likeness (QED) is 0.226. The van der Waals surface area contributed by atoms with E-state index in [0.717, 1.165) is 7.25 Å². The van der Waals surface area contributed by atoms with Gasteiger partial charge in [0.05, 0.1) is 0 Å². The summed E-state index contributed by atoms with van der Waals surface area (Å²) in [5.41, 5.74) is 15.0. The van der Waals surface area contributed by atoms with Gasteiger partial charge in [-0.1, -0.05) is 60.7 Å². The zero-order valence-electron chi connectivity index (χ0n) is 30.8. The summed E-state index contributed by atoms with van der Waals surface area (Å²) in [4.78, 5) is 0. The van der Waals surface area contributed by atoms with E-state index in [9.17, 15) is 0 Å². The smallest absolute Gasteiger partial charge is 0.0184 e. The number of fused-ring (bicyclic) bond motifs is 6. The summed E-state index contributed by atoms with van der Waals surface area (Å²) in [7, 11) is 2.80. The standard InChI is InChI=1S/2C13H9.C12H10.2C5H5.2ClH.2H3Si.2Zr/c2*1-3-7-12-10(5-1)9-11-6-2-4-8-13(11)12;1-3-7-11(8-4-1)12-9-5-2-6-10-12;2*1-2-4-5-3-1;;;;;;/h2*1-9H;1-10H;2*1-3H,4H2;2*1H;2*1H3;;/q;;;;;;;;;2*+1/p-2. The van der Waals surface area contributed by atoms with Crippen LogP contribution >= 0.6 is 0 Å². The average molecular weight is 930 g/mol. The van der Waals surface area contributed by atoms with Crippen molar-refractivity contribution in [2.75, 3.05) is 0 Å². The molecule has 0 fully saturated rings. The molecule has 6 aromatic carbocycles. The number of benzene rings is 6. The molecular weight excluding hydrogens is 886 g/mol. The van der Waals surface area contributed by atoms with Crippen LogP contribution in [0.2, 0.25) is 0 Å². The minimum Gasteiger partial charge on any atom is -0.0622 e. The monoisotopic (exact) mass is 926 g/mol. The largest absolute Gasteiger partial charge is 0.0622 e. The van der Waals surface area contributed by atoms with Crippen LogP contribution in [-0.2, 0) is 41.8 Å². The molecule has 4 aliphatic rings. The first-order valence-electron chi connectivity index (χ1n) is 18.5. The minimum absolute atomic E-state index is 0. The third kappa shape index (κ3) is 8.56. The first-order valence-corrected chi connectivity index (χ1v) is 40.6. The molecule has 0 nitrogen and oxygen atoms in total. The van der Waals surface area contributed by atoms with Crippen molar-refractivity contribution in [3.05, 3.63) is 223 Å². The Balaban J connectivity index is 0.000000140. The Bertz CT molecular complexity index is 2060. The van der Waals surface area contributed by atoms with Gasteiger partial charge in [0.15, 0.2) is 0 Å². The van der Waals surface area contributed by atoms with E-state index in [-0.39, 0.29) is 24.8 Å². The SMILES string of the molecule is [Cl-].[Cl-].[SiH3][Zr+]([C]1=CC=CC1)[CH]1c2ccccc2-c2ccccc21.[SiH3][Zr+]([C]1=CC=CC1)[CH]1c2ccccc2-c2ccccc21.c1ccc(-c2ccccc2)cc1. The summed E-state index contributed by atoms with van der Waals surface area (Å²) in [6, 6.07) is 57.2.